The predicted octanol–water partition coefficient (Wildman–Crippen LogP) is 2.96. The fourth-order valence-corrected chi connectivity index (χ4v) is 3.42. The molecule has 0 saturated heterocycles. The van der Waals surface area contributed by atoms with E-state index in [9.17, 15) is 14.7 Å². The number of ether oxygens (including phenoxy) is 1. The van der Waals surface area contributed by atoms with Crippen molar-refractivity contribution in [3.05, 3.63) is 41.2 Å². The maximum atomic E-state index is 12.9. The molecule has 6 nitrogen and oxygen atoms in total. The Hall–Kier alpha value is -2.34. The summed E-state index contributed by atoms with van der Waals surface area (Å²) < 4.78 is 5.47. The van der Waals surface area contributed by atoms with Gasteiger partial charge in [-0.25, -0.2) is 0 Å². The van der Waals surface area contributed by atoms with Crippen molar-refractivity contribution in [1.29, 1.82) is 0 Å². The van der Waals surface area contributed by atoms with E-state index in [0.717, 1.165) is 13.0 Å². The number of carbonyl (C=O) groups is 2. The number of ketones is 1. The lowest BCUT2D eigenvalue weighted by Gasteiger charge is -2.28. The maximum Gasteiger partial charge on any atom is 0.290 e. The van der Waals surface area contributed by atoms with Crippen molar-refractivity contribution in [2.45, 2.75) is 32.7 Å². The number of rotatable bonds is 9. The van der Waals surface area contributed by atoms with Crippen molar-refractivity contribution in [2.24, 2.45) is 5.92 Å². The molecule has 0 radical (unpaired) electrons. The second-order valence-electron chi connectivity index (χ2n) is 7.58. The van der Waals surface area contributed by atoms with Gasteiger partial charge >= 0.3 is 0 Å². The van der Waals surface area contributed by atoms with Crippen LogP contribution < -0.4 is 4.74 Å². The van der Waals surface area contributed by atoms with Crippen LogP contribution in [0.1, 0.15) is 38.3 Å². The number of aliphatic hydroxyl groups is 1. The number of benzene rings is 1. The van der Waals surface area contributed by atoms with Crippen LogP contribution >= 0.6 is 0 Å². The van der Waals surface area contributed by atoms with Gasteiger partial charge in [0.2, 0.25) is 0 Å². The van der Waals surface area contributed by atoms with Crippen LogP contribution in [0.15, 0.2) is 35.6 Å². The summed E-state index contributed by atoms with van der Waals surface area (Å²) in [6.45, 7) is 5.14. The molecule has 0 saturated carbocycles. The highest BCUT2D eigenvalue weighted by Gasteiger charge is 2.44. The minimum absolute atomic E-state index is 0.133. The van der Waals surface area contributed by atoms with Gasteiger partial charge in [0.05, 0.1) is 18.7 Å². The molecular formula is C21H30N2O4. The van der Waals surface area contributed by atoms with Gasteiger partial charge in [0.1, 0.15) is 5.75 Å². The zero-order chi connectivity index (χ0) is 20.1. The van der Waals surface area contributed by atoms with E-state index in [2.05, 4.69) is 0 Å². The summed E-state index contributed by atoms with van der Waals surface area (Å²) in [5.74, 6) is -0.383. The molecule has 0 aliphatic carbocycles. The Balaban J connectivity index is 2.46. The Morgan fingerprint density at radius 3 is 2.56 bits per heavy atom. The van der Waals surface area contributed by atoms with Gasteiger partial charge in [-0.3, -0.25) is 9.59 Å². The number of aliphatic hydroxyl groups excluding tert-OH is 1. The number of amides is 1. The Kier molecular flexibility index (Phi) is 7.02. The summed E-state index contributed by atoms with van der Waals surface area (Å²) in [5, 5.41) is 10.5. The van der Waals surface area contributed by atoms with Crippen molar-refractivity contribution in [3.8, 4) is 5.75 Å². The fraction of sp³-hybridized carbons (Fsp3) is 0.524. The summed E-state index contributed by atoms with van der Waals surface area (Å²) in [6, 6.07) is 6.71. The second-order valence-corrected chi connectivity index (χ2v) is 7.58. The first-order chi connectivity index (χ1) is 12.8. The van der Waals surface area contributed by atoms with Crippen LogP contribution in [0.5, 0.6) is 5.75 Å². The number of nitrogens with zero attached hydrogens (tertiary/aromatic N) is 2. The lowest BCUT2D eigenvalue weighted by atomic mass is 9.91. The molecule has 0 fully saturated rings. The van der Waals surface area contributed by atoms with Crippen molar-refractivity contribution >= 4 is 11.7 Å². The molecule has 1 atom stereocenters. The Labute approximate surface area is 161 Å². The highest BCUT2D eigenvalue weighted by Crippen LogP contribution is 2.42. The lowest BCUT2D eigenvalue weighted by Crippen LogP contribution is -2.33. The van der Waals surface area contributed by atoms with E-state index in [0.29, 0.717) is 17.9 Å². The molecule has 0 spiro atoms. The monoisotopic (exact) mass is 374 g/mol. The van der Waals surface area contributed by atoms with E-state index in [4.69, 9.17) is 4.74 Å². The molecule has 1 heterocycles. The molecule has 1 N–H and O–H groups in total. The Bertz CT molecular complexity index is 725. The van der Waals surface area contributed by atoms with Crippen LogP contribution in [-0.2, 0) is 9.59 Å². The molecule has 1 aliphatic heterocycles. The van der Waals surface area contributed by atoms with Crippen LogP contribution in [0.4, 0.5) is 0 Å². The van der Waals surface area contributed by atoms with Gasteiger partial charge in [-0.2, -0.15) is 0 Å². The van der Waals surface area contributed by atoms with Crippen LogP contribution in [0.25, 0.3) is 0 Å². The highest BCUT2D eigenvalue weighted by atomic mass is 16.5. The molecule has 2 rings (SSSR count). The molecule has 1 unspecified atom stereocenters. The molecule has 1 aliphatic rings. The van der Waals surface area contributed by atoms with Gasteiger partial charge in [0.15, 0.2) is 11.5 Å². The fourth-order valence-electron chi connectivity index (χ4n) is 3.42. The number of carbonyl (C=O) groups excluding carboxylic acids is 2. The van der Waals surface area contributed by atoms with E-state index < -0.39 is 17.7 Å². The van der Waals surface area contributed by atoms with E-state index >= 15 is 0 Å². The third-order valence-corrected chi connectivity index (χ3v) is 4.64. The average molecular weight is 374 g/mol. The summed E-state index contributed by atoms with van der Waals surface area (Å²) in [4.78, 5) is 29.3. The third-order valence-electron chi connectivity index (χ3n) is 4.64. The molecule has 1 aromatic carbocycles. The molecule has 1 amide bonds. The van der Waals surface area contributed by atoms with Gasteiger partial charge < -0.3 is 19.6 Å². The number of hydrogen-bond donors (Lipinski definition) is 1. The molecular weight excluding hydrogens is 344 g/mol. The zero-order valence-electron chi connectivity index (χ0n) is 16.9. The first kappa shape index (κ1) is 21.0. The minimum atomic E-state index is -0.623. The van der Waals surface area contributed by atoms with Crippen molar-refractivity contribution in [2.75, 3.05) is 34.3 Å². The first-order valence-electron chi connectivity index (χ1n) is 9.32. The normalized spacial score (nSPS) is 17.4. The first-order valence-corrected chi connectivity index (χ1v) is 9.32. The Morgan fingerprint density at radius 2 is 1.96 bits per heavy atom. The molecule has 27 heavy (non-hydrogen) atoms. The van der Waals surface area contributed by atoms with Crippen molar-refractivity contribution in [1.82, 2.24) is 9.80 Å². The second kappa shape index (κ2) is 9.04. The molecule has 1 aromatic rings. The standard InChI is InChI=1S/C21H30N2O4/c1-14(2)13-16(24)18-19(15-9-6-7-10-17(15)27-5)23(21(26)20(18)25)12-8-11-22(3)4/h6-7,9-10,14,19,25H,8,11-13H2,1-5H3. The summed E-state index contributed by atoms with van der Waals surface area (Å²) >= 11 is 0. The maximum absolute atomic E-state index is 12.9. The molecule has 0 bridgehead atoms. The number of para-hydroxylation sites is 1. The Morgan fingerprint density at radius 1 is 1.30 bits per heavy atom. The average Bonchev–Trinajstić information content (AvgIpc) is 2.85. The van der Waals surface area contributed by atoms with E-state index in [1.54, 1.807) is 18.1 Å². The molecule has 148 valence electrons. The number of Topliss-reactive ketones (excluding diaryl/α,β-unsaturated/α-hetero) is 1. The van der Waals surface area contributed by atoms with Gasteiger partial charge in [-0.15, -0.1) is 0 Å². The number of methoxy groups -OCH3 is 1. The van der Waals surface area contributed by atoms with Gasteiger partial charge in [0, 0.05) is 18.5 Å². The lowest BCUT2D eigenvalue weighted by molar-refractivity contribution is -0.129. The van der Waals surface area contributed by atoms with E-state index in [-0.39, 0.29) is 23.7 Å². The van der Waals surface area contributed by atoms with Crippen LogP contribution in [0.3, 0.4) is 0 Å². The predicted molar refractivity (Wildman–Crippen MR) is 105 cm³/mol. The summed E-state index contributed by atoms with van der Waals surface area (Å²) in [6.07, 6.45) is 1.02. The minimum Gasteiger partial charge on any atom is -0.503 e. The summed E-state index contributed by atoms with van der Waals surface area (Å²) in [7, 11) is 5.50. The molecule has 6 heteroatoms. The third kappa shape index (κ3) is 4.69. The van der Waals surface area contributed by atoms with Crippen molar-refractivity contribution in [3.63, 3.8) is 0 Å². The SMILES string of the molecule is COc1ccccc1C1C(C(=O)CC(C)C)=C(O)C(=O)N1CCCN(C)C. The smallest absolute Gasteiger partial charge is 0.290 e. The highest BCUT2D eigenvalue weighted by molar-refractivity contribution is 6.09. The zero-order valence-corrected chi connectivity index (χ0v) is 16.9. The number of hydrogen-bond acceptors (Lipinski definition) is 5. The van der Waals surface area contributed by atoms with E-state index in [1.165, 1.54) is 0 Å². The molecule has 0 aromatic heterocycles. The van der Waals surface area contributed by atoms with Crippen LogP contribution in [0, 0.1) is 5.92 Å². The van der Waals surface area contributed by atoms with E-state index in [1.807, 2.05) is 51.0 Å². The van der Waals surface area contributed by atoms with Crippen LogP contribution in [-0.4, -0.2) is 60.9 Å². The summed E-state index contributed by atoms with van der Waals surface area (Å²) in [5.41, 5.74) is 0.900. The van der Waals surface area contributed by atoms with Gasteiger partial charge in [0.25, 0.3) is 5.91 Å². The largest absolute Gasteiger partial charge is 0.503 e. The van der Waals surface area contributed by atoms with Gasteiger partial charge in [-0.1, -0.05) is 32.0 Å². The van der Waals surface area contributed by atoms with Crippen LogP contribution in [0.2, 0.25) is 0 Å². The quantitative estimate of drug-likeness (QED) is 0.720. The topological polar surface area (TPSA) is 70.1 Å². The van der Waals surface area contributed by atoms with Gasteiger partial charge in [-0.05, 0) is 39.0 Å². The van der Waals surface area contributed by atoms with Crippen molar-refractivity contribution < 1.29 is 19.4 Å².